The number of nitrogens with zero attached hydrogens (tertiary/aromatic N) is 1. The van der Waals surface area contributed by atoms with E-state index in [2.05, 4.69) is 0 Å². The van der Waals surface area contributed by atoms with Crippen LogP contribution >= 0.6 is 11.6 Å². The number of ether oxygens (including phenoxy) is 2. The van der Waals surface area contributed by atoms with Crippen molar-refractivity contribution in [3.63, 3.8) is 0 Å². The highest BCUT2D eigenvalue weighted by Gasteiger charge is 2.29. The van der Waals surface area contributed by atoms with Crippen molar-refractivity contribution >= 4 is 29.4 Å². The Morgan fingerprint density at radius 3 is 2.61 bits per heavy atom. The van der Waals surface area contributed by atoms with Crippen molar-refractivity contribution in [1.29, 1.82) is 0 Å². The van der Waals surface area contributed by atoms with Crippen LogP contribution in [0.5, 0.6) is 0 Å². The fraction of sp³-hybridized carbons (Fsp3) is 0.500. The Balaban J connectivity index is 2.29. The Hall–Kier alpha value is -1.95. The number of carbonyl (C=O) groups is 2. The van der Waals surface area contributed by atoms with Gasteiger partial charge in [0.05, 0.1) is 12.1 Å². The molecule has 1 aromatic carbocycles. The van der Waals surface area contributed by atoms with Gasteiger partial charge in [0, 0.05) is 12.2 Å². The zero-order chi connectivity index (χ0) is 17.2. The average Bonchev–Trinajstić information content (AvgIpc) is 2.45. The monoisotopic (exact) mass is 340 g/mol. The fourth-order valence-electron chi connectivity index (χ4n) is 2.50. The molecule has 1 aromatic rings. The van der Waals surface area contributed by atoms with Crippen molar-refractivity contribution in [2.75, 3.05) is 18.3 Å². The summed E-state index contributed by atoms with van der Waals surface area (Å²) in [5.74, 6) is -0.526. The molecule has 126 valence electrons. The molecule has 2 rings (SSSR count). The first-order chi connectivity index (χ1) is 10.7. The van der Waals surface area contributed by atoms with Crippen molar-refractivity contribution in [1.82, 2.24) is 4.90 Å². The summed E-state index contributed by atoms with van der Waals surface area (Å²) in [7, 11) is 0. The van der Waals surface area contributed by atoms with Gasteiger partial charge in [0.25, 0.3) is 0 Å². The van der Waals surface area contributed by atoms with Crippen molar-refractivity contribution < 1.29 is 19.1 Å². The van der Waals surface area contributed by atoms with E-state index in [9.17, 15) is 9.59 Å². The molecule has 2 N–H and O–H groups in total. The SMILES string of the molecule is CC(C)(C)OC(=O)N1CCc2c(N)ccc(C(=O)OCCl)c2C1. The minimum Gasteiger partial charge on any atom is -0.446 e. The number of halogens is 1. The van der Waals surface area contributed by atoms with E-state index >= 15 is 0 Å². The summed E-state index contributed by atoms with van der Waals surface area (Å²) in [6.45, 7) is 6.17. The number of hydrogen-bond donors (Lipinski definition) is 1. The molecular formula is C16H21ClN2O4. The molecule has 0 radical (unpaired) electrons. The van der Waals surface area contributed by atoms with Crippen LogP contribution < -0.4 is 5.73 Å². The van der Waals surface area contributed by atoms with Crippen LogP contribution in [0.1, 0.15) is 42.3 Å². The van der Waals surface area contributed by atoms with E-state index in [0.29, 0.717) is 29.8 Å². The van der Waals surface area contributed by atoms with E-state index in [0.717, 1.165) is 5.56 Å². The van der Waals surface area contributed by atoms with E-state index in [1.54, 1.807) is 17.0 Å². The normalized spacial score (nSPS) is 14.2. The standard InChI is InChI=1S/C16H21ClN2O4/c1-16(2,3)23-15(21)19-7-6-10-12(8-19)11(4-5-13(10)18)14(20)22-9-17/h4-5H,6-9,18H2,1-3H3. The van der Waals surface area contributed by atoms with Gasteiger partial charge in [-0.1, -0.05) is 11.6 Å². The maximum Gasteiger partial charge on any atom is 0.410 e. The second-order valence-corrected chi connectivity index (χ2v) is 6.57. The highest BCUT2D eigenvalue weighted by molar-refractivity contribution is 6.17. The molecule has 0 fully saturated rings. The Morgan fingerprint density at radius 2 is 2.00 bits per heavy atom. The van der Waals surface area contributed by atoms with Gasteiger partial charge in [-0.3, -0.25) is 0 Å². The van der Waals surface area contributed by atoms with Gasteiger partial charge >= 0.3 is 12.1 Å². The second kappa shape index (κ2) is 6.66. The Morgan fingerprint density at radius 1 is 1.30 bits per heavy atom. The first-order valence-corrected chi connectivity index (χ1v) is 7.87. The lowest BCUT2D eigenvalue weighted by Crippen LogP contribution is -2.40. The quantitative estimate of drug-likeness (QED) is 0.508. The molecule has 0 bridgehead atoms. The summed E-state index contributed by atoms with van der Waals surface area (Å²) in [6, 6.07) is 3.04. The van der Waals surface area contributed by atoms with Gasteiger partial charge in [0.2, 0.25) is 0 Å². The number of benzene rings is 1. The largest absolute Gasteiger partial charge is 0.446 e. The van der Waals surface area contributed by atoms with Crippen LogP contribution in [0.25, 0.3) is 0 Å². The topological polar surface area (TPSA) is 81.9 Å². The van der Waals surface area contributed by atoms with Gasteiger partial charge < -0.3 is 20.1 Å². The molecule has 1 amide bonds. The Bertz CT molecular complexity index is 625. The molecule has 0 saturated carbocycles. The lowest BCUT2D eigenvalue weighted by molar-refractivity contribution is 0.0221. The van der Waals surface area contributed by atoms with Gasteiger partial charge in [0.1, 0.15) is 5.60 Å². The predicted molar refractivity (Wildman–Crippen MR) is 87.3 cm³/mol. The van der Waals surface area contributed by atoms with Gasteiger partial charge in [0.15, 0.2) is 6.07 Å². The number of alkyl halides is 1. The molecule has 7 heteroatoms. The molecule has 23 heavy (non-hydrogen) atoms. The van der Waals surface area contributed by atoms with E-state index in [1.165, 1.54) is 0 Å². The van der Waals surface area contributed by atoms with Crippen LogP contribution in [-0.4, -0.2) is 35.2 Å². The first kappa shape index (κ1) is 17.4. The van der Waals surface area contributed by atoms with E-state index in [1.807, 2.05) is 20.8 Å². The number of nitrogens with two attached hydrogens (primary N) is 1. The minimum atomic E-state index is -0.576. The lowest BCUT2D eigenvalue weighted by atomic mass is 9.93. The summed E-state index contributed by atoms with van der Waals surface area (Å²) in [6.07, 6.45) is 0.143. The third-order valence-corrected chi connectivity index (χ3v) is 3.61. The Labute approximate surface area is 140 Å². The summed E-state index contributed by atoms with van der Waals surface area (Å²) in [5, 5.41) is 0. The summed E-state index contributed by atoms with van der Waals surface area (Å²) < 4.78 is 10.2. The highest BCUT2D eigenvalue weighted by atomic mass is 35.5. The molecule has 0 saturated heterocycles. The number of fused-ring (bicyclic) bond motifs is 1. The fourth-order valence-corrected chi connectivity index (χ4v) is 2.60. The number of nitrogen functional groups attached to an aromatic ring is 1. The smallest absolute Gasteiger partial charge is 0.410 e. The van der Waals surface area contributed by atoms with Crippen LogP contribution in [0.3, 0.4) is 0 Å². The number of amides is 1. The maximum absolute atomic E-state index is 12.3. The third-order valence-electron chi connectivity index (χ3n) is 3.51. The second-order valence-electron chi connectivity index (χ2n) is 6.35. The van der Waals surface area contributed by atoms with E-state index < -0.39 is 17.7 Å². The third kappa shape index (κ3) is 4.07. The summed E-state index contributed by atoms with van der Waals surface area (Å²) in [4.78, 5) is 25.9. The molecule has 6 nitrogen and oxygen atoms in total. The summed E-state index contributed by atoms with van der Waals surface area (Å²) in [5.41, 5.74) is 7.96. The van der Waals surface area contributed by atoms with Crippen molar-refractivity contribution in [2.24, 2.45) is 0 Å². The van der Waals surface area contributed by atoms with Gasteiger partial charge in [-0.25, -0.2) is 9.59 Å². The number of rotatable bonds is 2. The molecule has 0 unspecified atom stereocenters. The molecule has 1 heterocycles. The van der Waals surface area contributed by atoms with Crippen LogP contribution in [0.15, 0.2) is 12.1 Å². The zero-order valence-electron chi connectivity index (χ0n) is 13.5. The van der Waals surface area contributed by atoms with E-state index in [4.69, 9.17) is 26.8 Å². The molecule has 0 aromatic heterocycles. The molecular weight excluding hydrogens is 320 g/mol. The Kier molecular flexibility index (Phi) is 5.04. The van der Waals surface area contributed by atoms with Gasteiger partial charge in [-0.05, 0) is 50.5 Å². The van der Waals surface area contributed by atoms with Crippen LogP contribution in [0.2, 0.25) is 0 Å². The highest BCUT2D eigenvalue weighted by Crippen LogP contribution is 2.29. The zero-order valence-corrected chi connectivity index (χ0v) is 14.3. The minimum absolute atomic E-state index is 0.228. The first-order valence-electron chi connectivity index (χ1n) is 7.34. The molecule has 1 aliphatic heterocycles. The summed E-state index contributed by atoms with van der Waals surface area (Å²) >= 11 is 5.46. The van der Waals surface area contributed by atoms with Crippen molar-refractivity contribution in [2.45, 2.75) is 39.3 Å². The lowest BCUT2D eigenvalue weighted by Gasteiger charge is -2.32. The molecule has 1 aliphatic rings. The van der Waals surface area contributed by atoms with Crippen LogP contribution in [0, 0.1) is 0 Å². The number of hydrogen-bond acceptors (Lipinski definition) is 5. The molecule has 0 aliphatic carbocycles. The van der Waals surface area contributed by atoms with Crippen LogP contribution in [0.4, 0.5) is 10.5 Å². The van der Waals surface area contributed by atoms with Crippen LogP contribution in [-0.2, 0) is 22.4 Å². The maximum atomic E-state index is 12.3. The van der Waals surface area contributed by atoms with Crippen molar-refractivity contribution in [3.05, 3.63) is 28.8 Å². The number of carbonyl (C=O) groups excluding carboxylic acids is 2. The molecule has 0 atom stereocenters. The number of esters is 1. The van der Waals surface area contributed by atoms with E-state index in [-0.39, 0.29) is 12.6 Å². The van der Waals surface area contributed by atoms with Gasteiger partial charge in [-0.2, -0.15) is 0 Å². The van der Waals surface area contributed by atoms with Gasteiger partial charge in [-0.15, -0.1) is 0 Å². The molecule has 0 spiro atoms. The average molecular weight is 341 g/mol. The number of anilines is 1. The van der Waals surface area contributed by atoms with Crippen molar-refractivity contribution in [3.8, 4) is 0 Å². The predicted octanol–water partition coefficient (Wildman–Crippen LogP) is 2.92.